The molecule has 3 rings (SSSR count). The number of anilines is 3. The monoisotopic (exact) mass is 292 g/mol. The van der Waals surface area contributed by atoms with Crippen molar-refractivity contribution in [2.24, 2.45) is 0 Å². The first-order valence-corrected chi connectivity index (χ1v) is 7.69. The van der Waals surface area contributed by atoms with E-state index in [-0.39, 0.29) is 5.60 Å². The predicted molar refractivity (Wildman–Crippen MR) is 82.5 cm³/mol. The Bertz CT molecular complexity index is 500. The van der Waals surface area contributed by atoms with Crippen molar-refractivity contribution in [3.8, 4) is 0 Å². The van der Waals surface area contributed by atoms with E-state index in [1.54, 1.807) is 0 Å². The van der Waals surface area contributed by atoms with E-state index >= 15 is 0 Å². The Morgan fingerprint density at radius 2 is 1.62 bits per heavy atom. The highest BCUT2D eigenvalue weighted by Crippen LogP contribution is 2.23. The second-order valence-corrected chi connectivity index (χ2v) is 6.37. The predicted octanol–water partition coefficient (Wildman–Crippen LogP) is 1.06. The summed E-state index contributed by atoms with van der Waals surface area (Å²) in [4.78, 5) is 17.6. The number of nitrogen functional groups attached to an aromatic ring is 1. The van der Waals surface area contributed by atoms with Gasteiger partial charge in [-0.3, -0.25) is 0 Å². The van der Waals surface area contributed by atoms with E-state index in [0.29, 0.717) is 24.5 Å². The lowest BCUT2D eigenvalue weighted by Crippen LogP contribution is -2.49. The van der Waals surface area contributed by atoms with Gasteiger partial charge in [-0.1, -0.05) is 0 Å². The fourth-order valence-corrected chi connectivity index (χ4v) is 2.93. The number of hydrogen-bond acceptors (Lipinski definition) is 7. The first kappa shape index (κ1) is 14.3. The SMILES string of the molecule is CC1(C)CN(c2nc(N)nc(N3CCCCC3)n2)CCO1. The quantitative estimate of drug-likeness (QED) is 0.873. The van der Waals surface area contributed by atoms with Crippen LogP contribution in [0.4, 0.5) is 17.8 Å². The maximum atomic E-state index is 5.89. The molecule has 7 heteroatoms. The lowest BCUT2D eigenvalue weighted by Gasteiger charge is -2.38. The lowest BCUT2D eigenvalue weighted by atomic mass is 10.1. The zero-order valence-corrected chi connectivity index (χ0v) is 12.9. The highest BCUT2D eigenvalue weighted by Gasteiger charge is 2.29. The molecule has 2 saturated heterocycles. The molecule has 0 aliphatic carbocycles. The summed E-state index contributed by atoms with van der Waals surface area (Å²) in [6.07, 6.45) is 3.65. The number of morpholine rings is 1. The van der Waals surface area contributed by atoms with Crippen LogP contribution in [0.25, 0.3) is 0 Å². The van der Waals surface area contributed by atoms with E-state index in [0.717, 1.165) is 26.2 Å². The zero-order chi connectivity index (χ0) is 14.9. The normalized spacial score (nSPS) is 22.4. The molecule has 1 aromatic rings. The van der Waals surface area contributed by atoms with Crippen LogP contribution in [-0.2, 0) is 4.74 Å². The first-order chi connectivity index (χ1) is 10.0. The van der Waals surface area contributed by atoms with Gasteiger partial charge < -0.3 is 20.3 Å². The van der Waals surface area contributed by atoms with Crippen LogP contribution >= 0.6 is 0 Å². The van der Waals surface area contributed by atoms with Gasteiger partial charge in [-0.05, 0) is 33.1 Å². The number of ether oxygens (including phenoxy) is 1. The Labute approximate surface area is 125 Å². The minimum Gasteiger partial charge on any atom is -0.372 e. The summed E-state index contributed by atoms with van der Waals surface area (Å²) < 4.78 is 5.74. The first-order valence-electron chi connectivity index (χ1n) is 7.69. The van der Waals surface area contributed by atoms with Gasteiger partial charge in [-0.25, -0.2) is 0 Å². The van der Waals surface area contributed by atoms with Gasteiger partial charge in [0.2, 0.25) is 17.8 Å². The van der Waals surface area contributed by atoms with Crippen LogP contribution in [0.2, 0.25) is 0 Å². The van der Waals surface area contributed by atoms with Gasteiger partial charge in [0, 0.05) is 26.2 Å². The fraction of sp³-hybridized carbons (Fsp3) is 0.786. The standard InChI is InChI=1S/C14H24N6O/c1-14(2)10-20(8-9-21-14)13-17-11(15)16-12(18-13)19-6-4-3-5-7-19/h3-10H2,1-2H3,(H2,15,16,17,18). The molecule has 2 aliphatic rings. The third kappa shape index (κ3) is 3.34. The van der Waals surface area contributed by atoms with E-state index in [2.05, 4.69) is 38.6 Å². The molecule has 0 aromatic carbocycles. The van der Waals surface area contributed by atoms with Crippen molar-refractivity contribution in [2.75, 3.05) is 48.3 Å². The van der Waals surface area contributed by atoms with Crippen LogP contribution in [0.1, 0.15) is 33.1 Å². The van der Waals surface area contributed by atoms with Crippen molar-refractivity contribution in [3.05, 3.63) is 0 Å². The zero-order valence-electron chi connectivity index (χ0n) is 12.9. The molecular formula is C14H24N6O. The maximum absolute atomic E-state index is 5.89. The largest absolute Gasteiger partial charge is 0.372 e. The van der Waals surface area contributed by atoms with Crippen LogP contribution in [-0.4, -0.2) is 53.3 Å². The summed E-state index contributed by atoms with van der Waals surface area (Å²) in [6.45, 7) is 8.37. The molecule has 0 spiro atoms. The number of piperidine rings is 1. The summed E-state index contributed by atoms with van der Waals surface area (Å²) in [5, 5.41) is 0. The Balaban J connectivity index is 1.83. The fourth-order valence-electron chi connectivity index (χ4n) is 2.93. The Morgan fingerprint density at radius 1 is 0.952 bits per heavy atom. The Hall–Kier alpha value is -1.63. The van der Waals surface area contributed by atoms with Crippen LogP contribution in [0.5, 0.6) is 0 Å². The molecule has 3 heterocycles. The van der Waals surface area contributed by atoms with Crippen LogP contribution in [0.3, 0.4) is 0 Å². The molecule has 0 atom stereocenters. The van der Waals surface area contributed by atoms with Gasteiger partial charge in [0.15, 0.2) is 0 Å². The summed E-state index contributed by atoms with van der Waals surface area (Å²) in [5.74, 6) is 1.67. The topological polar surface area (TPSA) is 80.4 Å². The van der Waals surface area contributed by atoms with Gasteiger partial charge in [0.25, 0.3) is 0 Å². The average molecular weight is 292 g/mol. The number of rotatable bonds is 2. The Kier molecular flexibility index (Phi) is 3.84. The Morgan fingerprint density at radius 3 is 2.29 bits per heavy atom. The van der Waals surface area contributed by atoms with Gasteiger partial charge in [0.1, 0.15) is 0 Å². The maximum Gasteiger partial charge on any atom is 0.232 e. The molecule has 21 heavy (non-hydrogen) atoms. The minimum absolute atomic E-state index is 0.190. The van der Waals surface area contributed by atoms with Crippen LogP contribution < -0.4 is 15.5 Å². The van der Waals surface area contributed by atoms with E-state index in [9.17, 15) is 0 Å². The molecule has 7 nitrogen and oxygen atoms in total. The smallest absolute Gasteiger partial charge is 0.232 e. The van der Waals surface area contributed by atoms with Gasteiger partial charge in [-0.2, -0.15) is 15.0 Å². The molecule has 116 valence electrons. The highest BCUT2D eigenvalue weighted by molar-refractivity contribution is 5.44. The molecule has 0 amide bonds. The highest BCUT2D eigenvalue weighted by atomic mass is 16.5. The van der Waals surface area contributed by atoms with Gasteiger partial charge in [-0.15, -0.1) is 0 Å². The molecule has 0 saturated carbocycles. The molecule has 0 radical (unpaired) electrons. The molecule has 2 aliphatic heterocycles. The van der Waals surface area contributed by atoms with Crippen molar-refractivity contribution in [2.45, 2.75) is 38.7 Å². The van der Waals surface area contributed by atoms with Crippen LogP contribution in [0.15, 0.2) is 0 Å². The minimum atomic E-state index is -0.190. The van der Waals surface area contributed by atoms with Gasteiger partial charge in [0.05, 0.1) is 12.2 Å². The summed E-state index contributed by atoms with van der Waals surface area (Å²) in [5.41, 5.74) is 5.70. The molecule has 2 fully saturated rings. The molecule has 0 bridgehead atoms. The van der Waals surface area contributed by atoms with Crippen molar-refractivity contribution in [3.63, 3.8) is 0 Å². The van der Waals surface area contributed by atoms with Crippen molar-refractivity contribution >= 4 is 17.8 Å². The van der Waals surface area contributed by atoms with Crippen molar-refractivity contribution in [1.82, 2.24) is 15.0 Å². The number of aromatic nitrogens is 3. The summed E-state index contributed by atoms with van der Waals surface area (Å²) in [7, 11) is 0. The number of nitrogens with two attached hydrogens (primary N) is 1. The molecular weight excluding hydrogens is 268 g/mol. The van der Waals surface area contributed by atoms with Gasteiger partial charge >= 0.3 is 0 Å². The van der Waals surface area contributed by atoms with E-state index in [1.165, 1.54) is 19.3 Å². The van der Waals surface area contributed by atoms with E-state index in [4.69, 9.17) is 10.5 Å². The third-order valence-electron chi connectivity index (χ3n) is 3.98. The molecule has 2 N–H and O–H groups in total. The molecule has 1 aromatic heterocycles. The summed E-state index contributed by atoms with van der Waals surface area (Å²) >= 11 is 0. The number of hydrogen-bond donors (Lipinski definition) is 1. The second-order valence-electron chi connectivity index (χ2n) is 6.37. The lowest BCUT2D eigenvalue weighted by molar-refractivity contribution is -0.0281. The van der Waals surface area contributed by atoms with E-state index in [1.807, 2.05) is 0 Å². The third-order valence-corrected chi connectivity index (χ3v) is 3.98. The van der Waals surface area contributed by atoms with Crippen molar-refractivity contribution in [1.29, 1.82) is 0 Å². The molecule has 0 unspecified atom stereocenters. The average Bonchev–Trinajstić information content (AvgIpc) is 2.46. The van der Waals surface area contributed by atoms with E-state index < -0.39 is 0 Å². The number of nitrogens with zero attached hydrogens (tertiary/aromatic N) is 5. The summed E-state index contributed by atoms with van der Waals surface area (Å²) in [6, 6.07) is 0. The van der Waals surface area contributed by atoms with Crippen LogP contribution in [0, 0.1) is 0 Å². The second kappa shape index (κ2) is 5.63. The van der Waals surface area contributed by atoms with Crippen molar-refractivity contribution < 1.29 is 4.74 Å².